The highest BCUT2D eigenvalue weighted by atomic mass is 79.9. The quantitative estimate of drug-likeness (QED) is 0.825. The number of thiocarbonyl (C=S) groups is 1. The molecule has 1 saturated heterocycles. The number of halogens is 1. The average Bonchev–Trinajstić information content (AvgIpc) is 2.41. The van der Waals surface area contributed by atoms with E-state index in [-0.39, 0.29) is 0 Å². The number of morpholine rings is 1. The highest BCUT2D eigenvalue weighted by Crippen LogP contribution is 2.26. The Morgan fingerprint density at radius 2 is 2.16 bits per heavy atom. The Balaban J connectivity index is 1.83. The molecule has 1 heterocycles. The molecule has 1 aliphatic heterocycles. The summed E-state index contributed by atoms with van der Waals surface area (Å²) >= 11 is 8.40. The second-order valence-electron chi connectivity index (χ2n) is 4.31. The second kappa shape index (κ2) is 7.19. The van der Waals surface area contributed by atoms with Crippen molar-refractivity contribution < 1.29 is 9.47 Å². The molecule has 1 aromatic carbocycles. The van der Waals surface area contributed by atoms with Crippen LogP contribution in [0, 0.1) is 0 Å². The Labute approximate surface area is 127 Å². The molecule has 6 heteroatoms. The first-order valence-electron chi connectivity index (χ1n) is 6.19. The van der Waals surface area contributed by atoms with Crippen LogP contribution in [0.5, 0.6) is 5.75 Å². The number of hydrogen-bond acceptors (Lipinski definition) is 4. The van der Waals surface area contributed by atoms with Gasteiger partial charge >= 0.3 is 0 Å². The molecular formula is C13H17BrN2O2S. The second-order valence-corrected chi connectivity index (χ2v) is 5.61. The first kappa shape index (κ1) is 14.7. The molecule has 0 aromatic heterocycles. The molecule has 1 aromatic rings. The fraction of sp³-hybridized carbons (Fsp3) is 0.462. The van der Waals surface area contributed by atoms with E-state index in [1.54, 1.807) is 0 Å². The Morgan fingerprint density at radius 3 is 2.79 bits per heavy atom. The molecule has 19 heavy (non-hydrogen) atoms. The van der Waals surface area contributed by atoms with Gasteiger partial charge in [-0.05, 0) is 34.1 Å². The van der Waals surface area contributed by atoms with Crippen molar-refractivity contribution >= 4 is 33.1 Å². The van der Waals surface area contributed by atoms with E-state index < -0.39 is 0 Å². The maximum atomic E-state index is 5.76. The van der Waals surface area contributed by atoms with Crippen LogP contribution in [0.25, 0.3) is 0 Å². The zero-order chi connectivity index (χ0) is 13.7. The lowest BCUT2D eigenvalue weighted by atomic mass is 10.2. The van der Waals surface area contributed by atoms with Crippen LogP contribution < -0.4 is 10.5 Å². The van der Waals surface area contributed by atoms with Crippen LogP contribution >= 0.6 is 28.1 Å². The summed E-state index contributed by atoms with van der Waals surface area (Å²) in [6.07, 6.45) is 0. The first-order valence-corrected chi connectivity index (χ1v) is 7.39. The van der Waals surface area contributed by atoms with E-state index in [4.69, 9.17) is 27.4 Å². The van der Waals surface area contributed by atoms with Crippen molar-refractivity contribution in [2.75, 3.05) is 39.5 Å². The molecule has 2 N–H and O–H groups in total. The molecule has 1 aliphatic rings. The highest BCUT2D eigenvalue weighted by Gasteiger charge is 2.10. The number of nitrogens with zero attached hydrogens (tertiary/aromatic N) is 1. The van der Waals surface area contributed by atoms with Gasteiger partial charge in [-0.1, -0.05) is 12.2 Å². The normalized spacial score (nSPS) is 16.3. The minimum Gasteiger partial charge on any atom is -0.491 e. The third kappa shape index (κ3) is 4.42. The number of ether oxygens (including phenoxy) is 2. The maximum Gasteiger partial charge on any atom is 0.133 e. The molecule has 0 saturated carbocycles. The van der Waals surface area contributed by atoms with E-state index >= 15 is 0 Å². The molecule has 104 valence electrons. The molecule has 0 aliphatic carbocycles. The van der Waals surface area contributed by atoms with Crippen molar-refractivity contribution in [1.82, 2.24) is 4.90 Å². The highest BCUT2D eigenvalue weighted by molar-refractivity contribution is 9.10. The van der Waals surface area contributed by atoms with Crippen LogP contribution in [0.1, 0.15) is 5.56 Å². The number of rotatable bonds is 5. The van der Waals surface area contributed by atoms with Gasteiger partial charge in [-0.3, -0.25) is 4.90 Å². The fourth-order valence-corrected chi connectivity index (χ4v) is 2.50. The zero-order valence-corrected chi connectivity index (χ0v) is 13.0. The third-order valence-electron chi connectivity index (χ3n) is 2.99. The monoisotopic (exact) mass is 344 g/mol. The lowest BCUT2D eigenvalue weighted by Gasteiger charge is -2.26. The zero-order valence-electron chi connectivity index (χ0n) is 10.6. The predicted octanol–water partition coefficient (Wildman–Crippen LogP) is 1.79. The van der Waals surface area contributed by atoms with Crippen molar-refractivity contribution in [3.8, 4) is 5.75 Å². The van der Waals surface area contributed by atoms with Gasteiger partial charge in [0.05, 0.1) is 17.7 Å². The minimum absolute atomic E-state index is 0.389. The number of hydrogen-bond donors (Lipinski definition) is 1. The molecule has 4 nitrogen and oxygen atoms in total. The summed E-state index contributed by atoms with van der Waals surface area (Å²) in [6.45, 7) is 5.15. The Morgan fingerprint density at radius 1 is 1.42 bits per heavy atom. The molecule has 2 rings (SSSR count). The van der Waals surface area contributed by atoms with E-state index in [9.17, 15) is 0 Å². The van der Waals surface area contributed by atoms with E-state index in [2.05, 4.69) is 20.8 Å². The van der Waals surface area contributed by atoms with Gasteiger partial charge in [0.25, 0.3) is 0 Å². The van der Waals surface area contributed by atoms with E-state index in [1.165, 1.54) is 0 Å². The van der Waals surface area contributed by atoms with Crippen molar-refractivity contribution in [2.24, 2.45) is 5.73 Å². The summed E-state index contributed by atoms with van der Waals surface area (Å²) in [6, 6.07) is 5.64. The van der Waals surface area contributed by atoms with Crippen LogP contribution in [-0.4, -0.2) is 49.3 Å². The molecule has 0 spiro atoms. The largest absolute Gasteiger partial charge is 0.491 e. The smallest absolute Gasteiger partial charge is 0.133 e. The summed E-state index contributed by atoms with van der Waals surface area (Å²) in [7, 11) is 0. The molecular weight excluding hydrogens is 328 g/mol. The van der Waals surface area contributed by atoms with E-state index in [1.807, 2.05) is 18.2 Å². The van der Waals surface area contributed by atoms with Gasteiger partial charge < -0.3 is 15.2 Å². The Bertz CT molecular complexity index is 450. The number of benzene rings is 1. The maximum absolute atomic E-state index is 5.76. The molecule has 0 amide bonds. The van der Waals surface area contributed by atoms with Crippen molar-refractivity contribution in [3.63, 3.8) is 0 Å². The summed E-state index contributed by atoms with van der Waals surface area (Å²) in [5.74, 6) is 0.813. The standard InChI is InChI=1S/C13H17BrN2O2S/c14-11-9-10(13(15)19)1-2-12(11)18-8-5-16-3-6-17-7-4-16/h1-2,9H,3-8H2,(H2,15,19). The van der Waals surface area contributed by atoms with Gasteiger partial charge in [0, 0.05) is 25.2 Å². The van der Waals surface area contributed by atoms with Gasteiger partial charge in [-0.15, -0.1) is 0 Å². The van der Waals surface area contributed by atoms with Crippen LogP contribution in [0.4, 0.5) is 0 Å². The lowest BCUT2D eigenvalue weighted by molar-refractivity contribution is 0.0322. The number of nitrogens with two attached hydrogens (primary N) is 1. The van der Waals surface area contributed by atoms with Crippen molar-refractivity contribution in [2.45, 2.75) is 0 Å². The molecule has 0 radical (unpaired) electrons. The van der Waals surface area contributed by atoms with Gasteiger partial charge in [-0.25, -0.2) is 0 Å². The topological polar surface area (TPSA) is 47.7 Å². The van der Waals surface area contributed by atoms with Gasteiger partial charge in [0.2, 0.25) is 0 Å². The van der Waals surface area contributed by atoms with Crippen molar-refractivity contribution in [1.29, 1.82) is 0 Å². The lowest BCUT2D eigenvalue weighted by Crippen LogP contribution is -2.38. The third-order valence-corrected chi connectivity index (χ3v) is 3.84. The van der Waals surface area contributed by atoms with Gasteiger partial charge in [0.1, 0.15) is 17.3 Å². The van der Waals surface area contributed by atoms with Crippen LogP contribution in [0.3, 0.4) is 0 Å². The van der Waals surface area contributed by atoms with Crippen LogP contribution in [-0.2, 0) is 4.74 Å². The van der Waals surface area contributed by atoms with E-state index in [0.717, 1.165) is 48.6 Å². The van der Waals surface area contributed by atoms with Crippen LogP contribution in [0.15, 0.2) is 22.7 Å². The van der Waals surface area contributed by atoms with E-state index in [0.29, 0.717) is 11.6 Å². The Hall–Kier alpha value is -0.690. The summed E-state index contributed by atoms with van der Waals surface area (Å²) in [5, 5.41) is 0. The van der Waals surface area contributed by atoms with Crippen LogP contribution in [0.2, 0.25) is 0 Å². The molecule has 0 bridgehead atoms. The Kier molecular flexibility index (Phi) is 5.57. The fourth-order valence-electron chi connectivity index (χ4n) is 1.88. The summed E-state index contributed by atoms with van der Waals surface area (Å²) in [4.78, 5) is 2.72. The SMILES string of the molecule is NC(=S)c1ccc(OCCN2CCOCC2)c(Br)c1. The van der Waals surface area contributed by atoms with Gasteiger partial charge in [0.15, 0.2) is 0 Å². The average molecular weight is 345 g/mol. The molecule has 0 unspecified atom stereocenters. The first-order chi connectivity index (χ1) is 9.16. The molecule has 1 fully saturated rings. The summed E-state index contributed by atoms with van der Waals surface area (Å²) < 4.78 is 11.9. The predicted molar refractivity (Wildman–Crippen MR) is 82.8 cm³/mol. The minimum atomic E-state index is 0.389. The van der Waals surface area contributed by atoms with Crippen molar-refractivity contribution in [3.05, 3.63) is 28.2 Å². The van der Waals surface area contributed by atoms with Gasteiger partial charge in [-0.2, -0.15) is 0 Å². The molecule has 0 atom stereocenters. The summed E-state index contributed by atoms with van der Waals surface area (Å²) in [5.41, 5.74) is 6.42.